The zero-order valence-corrected chi connectivity index (χ0v) is 9.79. The second-order valence-corrected chi connectivity index (χ2v) is 5.12. The van der Waals surface area contributed by atoms with Gasteiger partial charge in [0.15, 0.2) is 0 Å². The van der Waals surface area contributed by atoms with E-state index in [0.29, 0.717) is 0 Å². The zero-order valence-electron chi connectivity index (χ0n) is 9.79. The number of rotatable bonds is 0. The van der Waals surface area contributed by atoms with Crippen LogP contribution in [0.4, 0.5) is 0 Å². The van der Waals surface area contributed by atoms with Crippen LogP contribution in [-0.2, 0) is 9.53 Å². The van der Waals surface area contributed by atoms with Crippen molar-refractivity contribution in [3.05, 3.63) is 11.6 Å². The molecule has 0 bridgehead atoms. The van der Waals surface area contributed by atoms with Crippen molar-refractivity contribution in [1.82, 2.24) is 0 Å². The molecule has 0 unspecified atom stereocenters. The van der Waals surface area contributed by atoms with Gasteiger partial charge in [0.1, 0.15) is 5.60 Å². The van der Waals surface area contributed by atoms with E-state index in [0.717, 1.165) is 0 Å². The SMILES string of the molecule is CC1=CC(C)(C)C(C)(C)OC(=O)C1(O)O. The number of carbonyl (C=O) groups excluding carboxylic acids is 1. The van der Waals surface area contributed by atoms with Gasteiger partial charge in [-0.15, -0.1) is 0 Å². The van der Waals surface area contributed by atoms with Crippen molar-refractivity contribution < 1.29 is 19.7 Å². The molecular weight excluding hydrogens is 196 g/mol. The molecule has 1 aliphatic heterocycles. The summed E-state index contributed by atoms with van der Waals surface area (Å²) < 4.78 is 5.11. The Labute approximate surface area is 89.6 Å². The van der Waals surface area contributed by atoms with Crippen LogP contribution >= 0.6 is 0 Å². The Morgan fingerprint density at radius 3 is 2.13 bits per heavy atom. The van der Waals surface area contributed by atoms with Gasteiger partial charge in [-0.1, -0.05) is 19.9 Å². The highest BCUT2D eigenvalue weighted by Crippen LogP contribution is 2.40. The van der Waals surface area contributed by atoms with E-state index in [2.05, 4.69) is 0 Å². The fourth-order valence-corrected chi connectivity index (χ4v) is 1.41. The van der Waals surface area contributed by atoms with Crippen LogP contribution in [0.3, 0.4) is 0 Å². The molecule has 4 nitrogen and oxygen atoms in total. The summed E-state index contributed by atoms with van der Waals surface area (Å²) >= 11 is 0. The van der Waals surface area contributed by atoms with Gasteiger partial charge >= 0.3 is 5.97 Å². The number of ether oxygens (including phenoxy) is 1. The van der Waals surface area contributed by atoms with Crippen LogP contribution in [0.5, 0.6) is 0 Å². The van der Waals surface area contributed by atoms with E-state index in [-0.39, 0.29) is 5.57 Å². The van der Waals surface area contributed by atoms with Crippen molar-refractivity contribution in [1.29, 1.82) is 0 Å². The highest BCUT2D eigenvalue weighted by molar-refractivity contribution is 5.82. The van der Waals surface area contributed by atoms with Crippen LogP contribution in [0.2, 0.25) is 0 Å². The van der Waals surface area contributed by atoms with Crippen LogP contribution < -0.4 is 0 Å². The van der Waals surface area contributed by atoms with E-state index in [4.69, 9.17) is 4.74 Å². The van der Waals surface area contributed by atoms with Gasteiger partial charge in [-0.3, -0.25) is 0 Å². The second-order valence-electron chi connectivity index (χ2n) is 5.12. The summed E-state index contributed by atoms with van der Waals surface area (Å²) in [7, 11) is 0. The summed E-state index contributed by atoms with van der Waals surface area (Å²) in [4.78, 5) is 11.5. The normalized spacial score (nSPS) is 27.7. The lowest BCUT2D eigenvalue weighted by Gasteiger charge is -2.37. The van der Waals surface area contributed by atoms with Crippen molar-refractivity contribution in [2.75, 3.05) is 0 Å². The van der Waals surface area contributed by atoms with E-state index in [1.165, 1.54) is 6.92 Å². The molecule has 4 heteroatoms. The molecule has 0 aliphatic carbocycles. The molecule has 0 saturated heterocycles. The molecule has 0 spiro atoms. The number of aliphatic hydroxyl groups is 2. The molecule has 15 heavy (non-hydrogen) atoms. The molecule has 0 aromatic rings. The third kappa shape index (κ3) is 1.79. The van der Waals surface area contributed by atoms with Gasteiger partial charge in [0.25, 0.3) is 5.79 Å². The van der Waals surface area contributed by atoms with Gasteiger partial charge < -0.3 is 14.9 Å². The lowest BCUT2D eigenvalue weighted by molar-refractivity contribution is -0.210. The molecule has 0 aromatic heterocycles. The van der Waals surface area contributed by atoms with Crippen LogP contribution in [0.25, 0.3) is 0 Å². The smallest absolute Gasteiger partial charge is 0.371 e. The average molecular weight is 214 g/mol. The molecule has 1 heterocycles. The summed E-state index contributed by atoms with van der Waals surface area (Å²) in [5.74, 6) is -3.53. The standard InChI is InChI=1S/C11H18O4/c1-7-6-9(2,3)10(4,5)15-8(12)11(7,13)14/h6,13-14H,1-5H3. The largest absolute Gasteiger partial charge is 0.455 e. The minimum atomic E-state index is -2.51. The predicted molar refractivity (Wildman–Crippen MR) is 54.9 cm³/mol. The summed E-state index contributed by atoms with van der Waals surface area (Å²) in [5, 5.41) is 19.1. The van der Waals surface area contributed by atoms with E-state index in [1.54, 1.807) is 19.9 Å². The molecule has 1 rings (SSSR count). The van der Waals surface area contributed by atoms with E-state index in [9.17, 15) is 15.0 Å². The molecule has 1 aliphatic rings. The highest BCUT2D eigenvalue weighted by atomic mass is 16.6. The highest BCUT2D eigenvalue weighted by Gasteiger charge is 2.49. The summed E-state index contributed by atoms with van der Waals surface area (Å²) in [6.07, 6.45) is 1.66. The van der Waals surface area contributed by atoms with Crippen LogP contribution in [0.1, 0.15) is 34.6 Å². The average Bonchev–Trinajstić information content (AvgIpc) is 2.03. The molecule has 0 aromatic carbocycles. The van der Waals surface area contributed by atoms with Gasteiger partial charge in [-0.05, 0) is 26.3 Å². The monoisotopic (exact) mass is 214 g/mol. The van der Waals surface area contributed by atoms with Crippen LogP contribution in [-0.4, -0.2) is 27.6 Å². The first-order valence-electron chi connectivity index (χ1n) is 4.89. The second kappa shape index (κ2) is 3.06. The lowest BCUT2D eigenvalue weighted by Crippen LogP contribution is -2.45. The quantitative estimate of drug-likeness (QED) is 0.358. The Balaban J connectivity index is 3.31. The molecule has 0 radical (unpaired) electrons. The van der Waals surface area contributed by atoms with Gasteiger partial charge in [0.05, 0.1) is 0 Å². The number of hydrogen-bond donors (Lipinski definition) is 2. The Morgan fingerprint density at radius 1 is 1.20 bits per heavy atom. The van der Waals surface area contributed by atoms with Crippen molar-refractivity contribution in [2.24, 2.45) is 5.41 Å². The first-order valence-corrected chi connectivity index (χ1v) is 4.89. The molecule has 0 amide bonds. The predicted octanol–water partition coefficient (Wildman–Crippen LogP) is 0.975. The molecular formula is C11H18O4. The van der Waals surface area contributed by atoms with Gasteiger partial charge in [-0.2, -0.15) is 0 Å². The Morgan fingerprint density at radius 2 is 1.67 bits per heavy atom. The molecule has 86 valence electrons. The maximum atomic E-state index is 11.5. The van der Waals surface area contributed by atoms with Gasteiger partial charge in [0.2, 0.25) is 0 Å². The first-order chi connectivity index (χ1) is 6.51. The fourth-order valence-electron chi connectivity index (χ4n) is 1.41. The molecule has 0 fully saturated rings. The van der Waals surface area contributed by atoms with Crippen molar-refractivity contribution in [2.45, 2.75) is 46.0 Å². The third-order valence-corrected chi connectivity index (χ3v) is 3.31. The Hall–Kier alpha value is -0.870. The topological polar surface area (TPSA) is 66.8 Å². The number of hydrogen-bond acceptors (Lipinski definition) is 4. The van der Waals surface area contributed by atoms with Crippen LogP contribution in [0.15, 0.2) is 11.6 Å². The van der Waals surface area contributed by atoms with Crippen molar-refractivity contribution in [3.8, 4) is 0 Å². The van der Waals surface area contributed by atoms with Crippen LogP contribution in [0, 0.1) is 5.41 Å². The van der Waals surface area contributed by atoms with E-state index in [1.807, 2.05) is 13.8 Å². The summed E-state index contributed by atoms with van der Waals surface area (Å²) in [6.45, 7) is 8.76. The molecule has 0 saturated carbocycles. The summed E-state index contributed by atoms with van der Waals surface area (Å²) in [5.41, 5.74) is -1.04. The number of carbonyl (C=O) groups is 1. The Bertz CT molecular complexity index is 323. The van der Waals surface area contributed by atoms with E-state index >= 15 is 0 Å². The lowest BCUT2D eigenvalue weighted by atomic mass is 9.76. The van der Waals surface area contributed by atoms with Crippen molar-refractivity contribution >= 4 is 5.97 Å². The third-order valence-electron chi connectivity index (χ3n) is 3.31. The first kappa shape index (κ1) is 12.2. The fraction of sp³-hybridized carbons (Fsp3) is 0.727. The molecule has 0 atom stereocenters. The Kier molecular flexibility index (Phi) is 2.49. The van der Waals surface area contributed by atoms with Gasteiger partial charge in [-0.25, -0.2) is 4.79 Å². The minimum absolute atomic E-state index is 0.197. The van der Waals surface area contributed by atoms with Gasteiger partial charge in [0, 0.05) is 5.41 Å². The van der Waals surface area contributed by atoms with E-state index < -0.39 is 22.8 Å². The zero-order chi connectivity index (χ0) is 12.1. The van der Waals surface area contributed by atoms with Crippen molar-refractivity contribution in [3.63, 3.8) is 0 Å². The minimum Gasteiger partial charge on any atom is -0.455 e. The maximum Gasteiger partial charge on any atom is 0.371 e. The summed E-state index contributed by atoms with van der Waals surface area (Å²) in [6, 6.07) is 0. The molecule has 2 N–H and O–H groups in total. The number of cyclic esters (lactones) is 1. The number of esters is 1. The maximum absolute atomic E-state index is 11.5.